The highest BCUT2D eigenvalue weighted by Gasteiger charge is 2.11. The number of hydrogen-bond acceptors (Lipinski definition) is 5. The van der Waals surface area contributed by atoms with Crippen LogP contribution in [-0.2, 0) is 0 Å². The molecule has 0 aliphatic heterocycles. The number of anilines is 2. The topological polar surface area (TPSA) is 80.9 Å². The lowest BCUT2D eigenvalue weighted by Crippen LogP contribution is -2.12. The van der Waals surface area contributed by atoms with E-state index in [9.17, 15) is 4.79 Å². The highest BCUT2D eigenvalue weighted by Crippen LogP contribution is 2.22. The van der Waals surface area contributed by atoms with E-state index in [2.05, 4.69) is 15.3 Å². The van der Waals surface area contributed by atoms with Gasteiger partial charge in [-0.2, -0.15) is 0 Å². The Morgan fingerprint density at radius 3 is 2.67 bits per heavy atom. The molecular formula is C11H11ClN4OS. The number of aryl methyl sites for hydroxylation is 2. The summed E-state index contributed by atoms with van der Waals surface area (Å²) in [6, 6.07) is 2.93. The Hall–Kier alpha value is -1.66. The summed E-state index contributed by atoms with van der Waals surface area (Å²) in [7, 11) is 0. The molecule has 2 aromatic heterocycles. The van der Waals surface area contributed by atoms with Crippen LogP contribution in [0.4, 0.5) is 10.9 Å². The van der Waals surface area contributed by atoms with E-state index in [1.165, 1.54) is 23.5 Å². The van der Waals surface area contributed by atoms with Crippen molar-refractivity contribution in [3.05, 3.63) is 33.4 Å². The molecule has 0 saturated heterocycles. The molecule has 0 spiro atoms. The number of halogens is 1. The minimum absolute atomic E-state index is 0.187. The van der Waals surface area contributed by atoms with Crippen LogP contribution in [0.2, 0.25) is 5.15 Å². The standard InChI is InChI=1S/C11H11ClN4OS/c1-5-6(2)18-11(14-5)16-10(17)7-3-8(12)15-9(13)4-7/h3-4H,1-2H3,(H2,13,15)(H,14,16,17). The van der Waals surface area contributed by atoms with Gasteiger partial charge in [-0.05, 0) is 26.0 Å². The minimum atomic E-state index is -0.306. The summed E-state index contributed by atoms with van der Waals surface area (Å²) < 4.78 is 0. The zero-order valence-electron chi connectivity index (χ0n) is 9.82. The number of nitrogens with one attached hydrogen (secondary N) is 1. The largest absolute Gasteiger partial charge is 0.384 e. The number of nitrogens with two attached hydrogens (primary N) is 1. The molecule has 0 aliphatic rings. The smallest absolute Gasteiger partial charge is 0.257 e. The fraction of sp³-hybridized carbons (Fsp3) is 0.182. The SMILES string of the molecule is Cc1nc(NC(=O)c2cc(N)nc(Cl)c2)sc1C. The highest BCUT2D eigenvalue weighted by atomic mass is 35.5. The van der Waals surface area contributed by atoms with E-state index in [1.807, 2.05) is 13.8 Å². The second-order valence-corrected chi connectivity index (χ2v) is 5.31. The van der Waals surface area contributed by atoms with Crippen molar-refractivity contribution in [2.45, 2.75) is 13.8 Å². The molecule has 0 fully saturated rings. The van der Waals surface area contributed by atoms with Crippen LogP contribution < -0.4 is 11.1 Å². The van der Waals surface area contributed by atoms with Crippen LogP contribution in [0, 0.1) is 13.8 Å². The van der Waals surface area contributed by atoms with E-state index in [1.54, 1.807) is 0 Å². The fourth-order valence-corrected chi connectivity index (χ4v) is 2.37. The molecule has 7 heteroatoms. The Labute approximate surface area is 113 Å². The Bertz CT molecular complexity index is 571. The second-order valence-electron chi connectivity index (χ2n) is 3.72. The lowest BCUT2D eigenvalue weighted by Gasteiger charge is -2.03. The Balaban J connectivity index is 2.21. The van der Waals surface area contributed by atoms with Gasteiger partial charge in [-0.3, -0.25) is 10.1 Å². The summed E-state index contributed by atoms with van der Waals surface area (Å²) in [5, 5.41) is 3.44. The number of pyridine rings is 1. The van der Waals surface area contributed by atoms with Crippen LogP contribution in [0.1, 0.15) is 20.9 Å². The van der Waals surface area contributed by atoms with Gasteiger partial charge < -0.3 is 5.73 Å². The lowest BCUT2D eigenvalue weighted by molar-refractivity contribution is 0.102. The van der Waals surface area contributed by atoms with Gasteiger partial charge in [0.1, 0.15) is 11.0 Å². The van der Waals surface area contributed by atoms with Crippen LogP contribution in [0.15, 0.2) is 12.1 Å². The van der Waals surface area contributed by atoms with Crippen molar-refractivity contribution in [1.29, 1.82) is 0 Å². The zero-order valence-corrected chi connectivity index (χ0v) is 11.4. The third kappa shape index (κ3) is 2.77. The van der Waals surface area contributed by atoms with Crippen molar-refractivity contribution in [2.75, 3.05) is 11.1 Å². The Morgan fingerprint density at radius 2 is 2.11 bits per heavy atom. The van der Waals surface area contributed by atoms with Crippen molar-refractivity contribution >= 4 is 39.8 Å². The monoisotopic (exact) mass is 282 g/mol. The van der Waals surface area contributed by atoms with Gasteiger partial charge in [-0.25, -0.2) is 9.97 Å². The molecule has 3 N–H and O–H groups in total. The Morgan fingerprint density at radius 1 is 1.39 bits per heavy atom. The predicted octanol–water partition coefficient (Wildman–Crippen LogP) is 2.64. The van der Waals surface area contributed by atoms with Gasteiger partial charge in [0, 0.05) is 10.4 Å². The zero-order chi connectivity index (χ0) is 13.3. The molecular weight excluding hydrogens is 272 g/mol. The van der Waals surface area contributed by atoms with Crippen LogP contribution in [0.3, 0.4) is 0 Å². The summed E-state index contributed by atoms with van der Waals surface area (Å²) in [4.78, 5) is 21.0. The van der Waals surface area contributed by atoms with Crippen molar-refractivity contribution in [2.24, 2.45) is 0 Å². The first-order valence-electron chi connectivity index (χ1n) is 5.14. The number of carbonyl (C=O) groups excluding carboxylic acids is 1. The lowest BCUT2D eigenvalue weighted by atomic mass is 10.2. The second kappa shape index (κ2) is 4.91. The first-order valence-corrected chi connectivity index (χ1v) is 6.33. The summed E-state index contributed by atoms with van der Waals surface area (Å²) in [5.74, 6) is -0.0982. The third-order valence-electron chi connectivity index (χ3n) is 2.33. The van der Waals surface area contributed by atoms with E-state index in [0.717, 1.165) is 10.6 Å². The summed E-state index contributed by atoms with van der Waals surface area (Å²) in [5.41, 5.74) is 6.79. The normalized spacial score (nSPS) is 10.4. The van der Waals surface area contributed by atoms with Gasteiger partial charge in [0.2, 0.25) is 0 Å². The molecule has 0 aliphatic carbocycles. The maximum absolute atomic E-state index is 12.0. The average molecular weight is 283 g/mol. The molecule has 0 unspecified atom stereocenters. The number of rotatable bonds is 2. The third-order valence-corrected chi connectivity index (χ3v) is 3.51. The van der Waals surface area contributed by atoms with Crippen molar-refractivity contribution in [3.8, 4) is 0 Å². The summed E-state index contributed by atoms with van der Waals surface area (Å²) in [6.07, 6.45) is 0. The van der Waals surface area contributed by atoms with Gasteiger partial charge in [-0.1, -0.05) is 11.6 Å². The number of nitrogens with zero attached hydrogens (tertiary/aromatic N) is 2. The van der Waals surface area contributed by atoms with E-state index in [0.29, 0.717) is 10.7 Å². The quantitative estimate of drug-likeness (QED) is 0.830. The minimum Gasteiger partial charge on any atom is -0.384 e. The predicted molar refractivity (Wildman–Crippen MR) is 73.2 cm³/mol. The van der Waals surface area contributed by atoms with Crippen molar-refractivity contribution < 1.29 is 4.79 Å². The number of hydrogen-bond donors (Lipinski definition) is 2. The maximum atomic E-state index is 12.0. The summed E-state index contributed by atoms with van der Waals surface area (Å²) >= 11 is 7.17. The van der Waals surface area contributed by atoms with Gasteiger partial charge in [0.25, 0.3) is 5.91 Å². The molecule has 2 rings (SSSR count). The van der Waals surface area contributed by atoms with E-state index >= 15 is 0 Å². The molecule has 18 heavy (non-hydrogen) atoms. The molecule has 5 nitrogen and oxygen atoms in total. The van der Waals surface area contributed by atoms with Crippen molar-refractivity contribution in [1.82, 2.24) is 9.97 Å². The number of aromatic nitrogens is 2. The first-order chi connectivity index (χ1) is 8.45. The van der Waals surface area contributed by atoms with Crippen LogP contribution in [-0.4, -0.2) is 15.9 Å². The number of amides is 1. The van der Waals surface area contributed by atoms with Crippen LogP contribution >= 0.6 is 22.9 Å². The van der Waals surface area contributed by atoms with E-state index in [4.69, 9.17) is 17.3 Å². The average Bonchev–Trinajstić information content (AvgIpc) is 2.56. The van der Waals surface area contributed by atoms with Crippen LogP contribution in [0.25, 0.3) is 0 Å². The molecule has 94 valence electrons. The Kier molecular flexibility index (Phi) is 3.49. The van der Waals surface area contributed by atoms with Gasteiger partial charge in [0.15, 0.2) is 5.13 Å². The van der Waals surface area contributed by atoms with E-state index in [-0.39, 0.29) is 16.9 Å². The number of carbonyl (C=O) groups is 1. The number of nitrogen functional groups attached to an aromatic ring is 1. The molecule has 2 heterocycles. The maximum Gasteiger partial charge on any atom is 0.257 e. The van der Waals surface area contributed by atoms with E-state index < -0.39 is 0 Å². The van der Waals surface area contributed by atoms with Gasteiger partial charge >= 0.3 is 0 Å². The molecule has 0 saturated carbocycles. The van der Waals surface area contributed by atoms with Gasteiger partial charge in [-0.15, -0.1) is 11.3 Å². The number of thiazole rings is 1. The summed E-state index contributed by atoms with van der Waals surface area (Å²) in [6.45, 7) is 3.84. The molecule has 0 atom stereocenters. The fourth-order valence-electron chi connectivity index (χ4n) is 1.34. The first kappa shape index (κ1) is 12.8. The molecule has 2 aromatic rings. The highest BCUT2D eigenvalue weighted by molar-refractivity contribution is 7.15. The molecule has 1 amide bonds. The van der Waals surface area contributed by atoms with Crippen LogP contribution in [0.5, 0.6) is 0 Å². The van der Waals surface area contributed by atoms with Gasteiger partial charge in [0.05, 0.1) is 5.69 Å². The molecule has 0 bridgehead atoms. The molecule has 0 radical (unpaired) electrons. The van der Waals surface area contributed by atoms with Crippen molar-refractivity contribution in [3.63, 3.8) is 0 Å². The molecule has 0 aromatic carbocycles.